The van der Waals surface area contributed by atoms with E-state index >= 15 is 0 Å². The first kappa shape index (κ1) is 17.4. The minimum Gasteiger partial charge on any atom is -0.384 e. The van der Waals surface area contributed by atoms with Crippen LogP contribution in [0.15, 0.2) is 36.5 Å². The first-order valence-electron chi connectivity index (χ1n) is 8.62. The molecule has 1 N–H and O–H groups in total. The zero-order valence-electron chi connectivity index (χ0n) is 14.7. The number of aromatic nitrogens is 2. The second-order valence-corrected chi connectivity index (χ2v) is 6.25. The van der Waals surface area contributed by atoms with Crippen LogP contribution in [0.5, 0.6) is 0 Å². The lowest BCUT2D eigenvalue weighted by Gasteiger charge is -2.24. The van der Waals surface area contributed by atoms with Gasteiger partial charge in [-0.15, -0.1) is 0 Å². The van der Waals surface area contributed by atoms with E-state index in [4.69, 9.17) is 4.74 Å². The molecule has 132 valence electrons. The smallest absolute Gasteiger partial charge is 0.225 e. The summed E-state index contributed by atoms with van der Waals surface area (Å²) in [7, 11) is 1.62. The van der Waals surface area contributed by atoms with Crippen molar-refractivity contribution in [3.8, 4) is 0 Å². The Morgan fingerprint density at radius 1 is 1.36 bits per heavy atom. The molecule has 1 aliphatic heterocycles. The lowest BCUT2D eigenvalue weighted by Crippen LogP contribution is -2.31. The summed E-state index contributed by atoms with van der Waals surface area (Å²) in [5.41, 5.74) is 2.79. The van der Waals surface area contributed by atoms with Gasteiger partial charge in [0.1, 0.15) is 5.82 Å². The Balaban J connectivity index is 1.68. The predicted molar refractivity (Wildman–Crippen MR) is 96.7 cm³/mol. The summed E-state index contributed by atoms with van der Waals surface area (Å²) >= 11 is 0. The van der Waals surface area contributed by atoms with Gasteiger partial charge < -0.3 is 15.0 Å². The fourth-order valence-corrected chi connectivity index (χ4v) is 3.14. The lowest BCUT2D eigenvalue weighted by molar-refractivity contribution is -0.133. The summed E-state index contributed by atoms with van der Waals surface area (Å²) in [6, 6.07) is 9.90. The number of carbonyl (C=O) groups is 1. The van der Waals surface area contributed by atoms with Crippen LogP contribution in [0.25, 0.3) is 0 Å². The molecule has 0 unspecified atom stereocenters. The number of amides is 1. The quantitative estimate of drug-likeness (QED) is 0.874. The highest BCUT2D eigenvalue weighted by Gasteiger charge is 2.30. The molecule has 6 nitrogen and oxygen atoms in total. The van der Waals surface area contributed by atoms with E-state index in [1.165, 1.54) is 0 Å². The van der Waals surface area contributed by atoms with Crippen LogP contribution in [0, 0.1) is 6.92 Å². The van der Waals surface area contributed by atoms with E-state index in [0.717, 1.165) is 42.3 Å². The third-order valence-electron chi connectivity index (χ3n) is 4.38. The molecular weight excluding hydrogens is 316 g/mol. The van der Waals surface area contributed by atoms with E-state index in [1.807, 2.05) is 42.2 Å². The zero-order chi connectivity index (χ0) is 17.6. The number of likely N-dealkylation sites (tertiary alicyclic amines) is 1. The molecule has 1 saturated heterocycles. The summed E-state index contributed by atoms with van der Waals surface area (Å²) in [6.07, 6.45) is 4.19. The van der Waals surface area contributed by atoms with Crippen molar-refractivity contribution in [2.45, 2.75) is 32.2 Å². The number of nitrogens with one attached hydrogen (secondary N) is 1. The van der Waals surface area contributed by atoms with Crippen LogP contribution in [-0.2, 0) is 9.53 Å². The second-order valence-electron chi connectivity index (χ2n) is 6.25. The Kier molecular flexibility index (Phi) is 5.60. The number of aryl methyl sites for hydroxylation is 1. The van der Waals surface area contributed by atoms with Gasteiger partial charge in [0.2, 0.25) is 5.91 Å². The van der Waals surface area contributed by atoms with Gasteiger partial charge in [-0.05, 0) is 44.0 Å². The van der Waals surface area contributed by atoms with Crippen molar-refractivity contribution in [1.29, 1.82) is 0 Å². The van der Waals surface area contributed by atoms with Crippen molar-refractivity contribution in [1.82, 2.24) is 14.9 Å². The summed E-state index contributed by atoms with van der Waals surface area (Å²) in [6.45, 7) is 3.21. The van der Waals surface area contributed by atoms with Crippen LogP contribution in [0.2, 0.25) is 0 Å². The van der Waals surface area contributed by atoms with Gasteiger partial charge in [-0.1, -0.05) is 6.07 Å². The van der Waals surface area contributed by atoms with Crippen LogP contribution in [0.3, 0.4) is 0 Å². The van der Waals surface area contributed by atoms with Crippen LogP contribution in [-0.4, -0.2) is 41.0 Å². The topological polar surface area (TPSA) is 67.3 Å². The van der Waals surface area contributed by atoms with Gasteiger partial charge in [0.05, 0.1) is 36.6 Å². The third kappa shape index (κ3) is 4.33. The number of pyridine rings is 2. The van der Waals surface area contributed by atoms with Crippen molar-refractivity contribution in [2.75, 3.05) is 25.6 Å². The van der Waals surface area contributed by atoms with Crippen LogP contribution < -0.4 is 5.32 Å². The first-order valence-corrected chi connectivity index (χ1v) is 8.62. The Hall–Kier alpha value is -2.47. The molecule has 0 aromatic carbocycles. The number of anilines is 2. The van der Waals surface area contributed by atoms with Gasteiger partial charge in [-0.3, -0.25) is 9.78 Å². The average molecular weight is 340 g/mol. The second kappa shape index (κ2) is 8.07. The number of carbonyl (C=O) groups excluding carboxylic acids is 1. The number of rotatable bonds is 6. The average Bonchev–Trinajstić information content (AvgIpc) is 3.10. The highest BCUT2D eigenvalue weighted by atomic mass is 16.5. The van der Waals surface area contributed by atoms with Crippen LogP contribution in [0.1, 0.15) is 36.7 Å². The van der Waals surface area contributed by atoms with E-state index < -0.39 is 0 Å². The SMILES string of the molecule is COCCC(=O)N1CCC[C@@H]1c1ccc(Nc2cccc(C)n2)cn1. The molecular formula is C19H24N4O2. The molecule has 0 spiro atoms. The molecule has 1 fully saturated rings. The van der Waals surface area contributed by atoms with Crippen LogP contribution in [0.4, 0.5) is 11.5 Å². The minimum atomic E-state index is 0.0653. The van der Waals surface area contributed by atoms with E-state index in [0.29, 0.717) is 13.0 Å². The summed E-state index contributed by atoms with van der Waals surface area (Å²) < 4.78 is 5.02. The van der Waals surface area contributed by atoms with Gasteiger partial charge in [0, 0.05) is 19.3 Å². The molecule has 0 saturated carbocycles. The fraction of sp³-hybridized carbons (Fsp3) is 0.421. The number of hydrogen-bond acceptors (Lipinski definition) is 5. The molecule has 0 bridgehead atoms. The number of methoxy groups -OCH3 is 1. The predicted octanol–water partition coefficient (Wildman–Crippen LogP) is 3.23. The van der Waals surface area contributed by atoms with Crippen molar-refractivity contribution in [3.05, 3.63) is 47.9 Å². The highest BCUT2D eigenvalue weighted by molar-refractivity contribution is 5.77. The fourth-order valence-electron chi connectivity index (χ4n) is 3.14. The van der Waals surface area contributed by atoms with E-state index in [-0.39, 0.29) is 11.9 Å². The third-order valence-corrected chi connectivity index (χ3v) is 4.38. The van der Waals surface area contributed by atoms with Gasteiger partial charge >= 0.3 is 0 Å². The molecule has 2 aromatic heterocycles. The Morgan fingerprint density at radius 2 is 2.24 bits per heavy atom. The molecule has 2 aromatic rings. The maximum atomic E-state index is 12.3. The van der Waals surface area contributed by atoms with Crippen LogP contribution >= 0.6 is 0 Å². The molecule has 0 aliphatic carbocycles. The van der Waals surface area contributed by atoms with E-state index in [9.17, 15) is 4.79 Å². The molecule has 1 amide bonds. The molecule has 3 rings (SSSR count). The first-order chi connectivity index (χ1) is 12.2. The van der Waals surface area contributed by atoms with Gasteiger partial charge in [-0.25, -0.2) is 4.98 Å². The van der Waals surface area contributed by atoms with Crippen molar-refractivity contribution >= 4 is 17.4 Å². The lowest BCUT2D eigenvalue weighted by atomic mass is 10.1. The number of hydrogen-bond donors (Lipinski definition) is 1. The molecule has 6 heteroatoms. The van der Waals surface area contributed by atoms with Crippen molar-refractivity contribution in [2.24, 2.45) is 0 Å². The largest absolute Gasteiger partial charge is 0.384 e. The summed E-state index contributed by atoms with van der Waals surface area (Å²) in [5.74, 6) is 0.934. The summed E-state index contributed by atoms with van der Waals surface area (Å²) in [5, 5.41) is 3.25. The Morgan fingerprint density at radius 3 is 2.96 bits per heavy atom. The van der Waals surface area contributed by atoms with Gasteiger partial charge in [0.15, 0.2) is 0 Å². The Labute approximate surface area is 148 Å². The number of ether oxygens (including phenoxy) is 1. The maximum Gasteiger partial charge on any atom is 0.225 e. The van der Waals surface area contributed by atoms with E-state index in [1.54, 1.807) is 13.3 Å². The Bertz CT molecular complexity index is 718. The minimum absolute atomic E-state index is 0.0653. The van der Waals surface area contributed by atoms with Gasteiger partial charge in [0.25, 0.3) is 0 Å². The standard InChI is InChI=1S/C19H24N4O2/c1-14-5-3-7-18(21-14)22-15-8-9-16(20-13-15)17-6-4-11-23(17)19(24)10-12-25-2/h3,5,7-9,13,17H,4,6,10-12H2,1-2H3,(H,21,22)/t17-/m1/s1. The molecule has 0 radical (unpaired) electrons. The zero-order valence-corrected chi connectivity index (χ0v) is 14.7. The van der Waals surface area contributed by atoms with Gasteiger partial charge in [-0.2, -0.15) is 0 Å². The van der Waals surface area contributed by atoms with E-state index in [2.05, 4.69) is 15.3 Å². The van der Waals surface area contributed by atoms with Crippen molar-refractivity contribution < 1.29 is 9.53 Å². The molecule has 25 heavy (non-hydrogen) atoms. The summed E-state index contributed by atoms with van der Waals surface area (Å²) in [4.78, 5) is 23.3. The molecule has 3 heterocycles. The highest BCUT2D eigenvalue weighted by Crippen LogP contribution is 2.31. The monoisotopic (exact) mass is 340 g/mol. The number of nitrogens with zero attached hydrogens (tertiary/aromatic N) is 3. The normalized spacial score (nSPS) is 16.9. The maximum absolute atomic E-state index is 12.3. The molecule has 1 aliphatic rings. The molecule has 1 atom stereocenters. The van der Waals surface area contributed by atoms with Crippen molar-refractivity contribution in [3.63, 3.8) is 0 Å².